The zero-order chi connectivity index (χ0) is 10.2. The molecule has 0 aromatic carbocycles. The summed E-state index contributed by atoms with van der Waals surface area (Å²) in [4.78, 5) is 6.50. The van der Waals surface area contributed by atoms with Crippen molar-refractivity contribution in [2.45, 2.75) is 13.1 Å². The van der Waals surface area contributed by atoms with Crippen molar-refractivity contribution >= 4 is 17.5 Å². The fourth-order valence-electron chi connectivity index (χ4n) is 0.769. The van der Waals surface area contributed by atoms with E-state index in [1.54, 1.807) is 0 Å². The lowest BCUT2D eigenvalue weighted by Crippen LogP contribution is -2.12. The van der Waals surface area contributed by atoms with Gasteiger partial charge in [-0.3, -0.25) is 0 Å². The molecule has 0 saturated carbocycles. The van der Waals surface area contributed by atoms with Crippen molar-refractivity contribution in [1.82, 2.24) is 9.97 Å². The average molecular weight is 212 g/mol. The molecule has 13 heavy (non-hydrogen) atoms. The van der Waals surface area contributed by atoms with E-state index in [1.165, 1.54) is 6.92 Å². The number of rotatable bonds is 0. The number of hydrogen-bond acceptors (Lipinski definition) is 3. The number of anilines is 1. The summed E-state index contributed by atoms with van der Waals surface area (Å²) < 4.78 is 36.5. The van der Waals surface area contributed by atoms with E-state index in [4.69, 9.17) is 17.3 Å². The van der Waals surface area contributed by atoms with Crippen LogP contribution in [0.15, 0.2) is 0 Å². The first kappa shape index (κ1) is 10.0. The van der Waals surface area contributed by atoms with Crippen molar-refractivity contribution < 1.29 is 13.2 Å². The number of aryl methyl sites for hydroxylation is 1. The van der Waals surface area contributed by atoms with E-state index in [-0.39, 0.29) is 5.69 Å². The molecule has 0 atom stereocenters. The third-order valence-electron chi connectivity index (χ3n) is 1.30. The number of nitrogen functional groups attached to an aromatic ring is 1. The van der Waals surface area contributed by atoms with Crippen molar-refractivity contribution in [3.8, 4) is 0 Å². The van der Waals surface area contributed by atoms with Crippen LogP contribution >= 0.6 is 11.6 Å². The summed E-state index contributed by atoms with van der Waals surface area (Å²) in [6.45, 7) is 1.33. The van der Waals surface area contributed by atoms with Gasteiger partial charge in [-0.15, -0.1) is 0 Å². The van der Waals surface area contributed by atoms with Gasteiger partial charge in [0.05, 0.1) is 10.7 Å². The summed E-state index contributed by atoms with van der Waals surface area (Å²) in [6.07, 6.45) is -4.60. The quantitative estimate of drug-likeness (QED) is 0.715. The molecule has 0 aliphatic heterocycles. The Hall–Kier alpha value is -1.04. The molecule has 1 aromatic heterocycles. The molecule has 72 valence electrons. The van der Waals surface area contributed by atoms with Gasteiger partial charge in [0.25, 0.3) is 0 Å². The van der Waals surface area contributed by atoms with Crippen LogP contribution in [0.5, 0.6) is 0 Å². The van der Waals surface area contributed by atoms with Crippen LogP contribution in [0.2, 0.25) is 5.02 Å². The Morgan fingerprint density at radius 2 is 1.85 bits per heavy atom. The van der Waals surface area contributed by atoms with E-state index < -0.39 is 22.8 Å². The summed E-state index contributed by atoms with van der Waals surface area (Å²) in [6, 6.07) is 0. The summed E-state index contributed by atoms with van der Waals surface area (Å²) in [5, 5.41) is -0.512. The molecule has 3 nitrogen and oxygen atoms in total. The highest BCUT2D eigenvalue weighted by Gasteiger charge is 2.36. The number of nitrogens with zero attached hydrogens (tertiary/aromatic N) is 2. The predicted octanol–water partition coefficient (Wildman–Crippen LogP) is 2.04. The molecule has 0 spiro atoms. The van der Waals surface area contributed by atoms with E-state index in [9.17, 15) is 13.2 Å². The molecule has 0 radical (unpaired) electrons. The Kier molecular flexibility index (Phi) is 2.34. The predicted molar refractivity (Wildman–Crippen MR) is 41.2 cm³/mol. The van der Waals surface area contributed by atoms with Crippen molar-refractivity contribution in [3.63, 3.8) is 0 Å². The van der Waals surface area contributed by atoms with Crippen molar-refractivity contribution in [1.29, 1.82) is 0 Å². The number of nitrogens with two attached hydrogens (primary N) is 1. The van der Waals surface area contributed by atoms with Gasteiger partial charge < -0.3 is 5.73 Å². The van der Waals surface area contributed by atoms with E-state index in [0.717, 1.165) is 0 Å². The second-order valence-electron chi connectivity index (χ2n) is 2.33. The van der Waals surface area contributed by atoms with Gasteiger partial charge in [0.1, 0.15) is 0 Å². The van der Waals surface area contributed by atoms with Gasteiger partial charge in [-0.25, -0.2) is 9.97 Å². The molecule has 1 heterocycles. The highest BCUT2D eigenvalue weighted by molar-refractivity contribution is 6.31. The summed E-state index contributed by atoms with van der Waals surface area (Å²) >= 11 is 5.35. The Morgan fingerprint density at radius 1 is 1.31 bits per heavy atom. The monoisotopic (exact) mass is 211 g/mol. The number of halogens is 4. The van der Waals surface area contributed by atoms with E-state index in [1.807, 2.05) is 0 Å². The molecule has 0 saturated heterocycles. The largest absolute Gasteiger partial charge is 0.435 e. The fourth-order valence-corrected chi connectivity index (χ4v) is 0.960. The summed E-state index contributed by atoms with van der Waals surface area (Å²) in [5.74, 6) is -0.436. The molecular formula is C6H5ClF3N3. The topological polar surface area (TPSA) is 51.8 Å². The maximum absolute atomic E-state index is 12.2. The third kappa shape index (κ3) is 2.00. The first-order chi connectivity index (χ1) is 5.82. The summed E-state index contributed by atoms with van der Waals surface area (Å²) in [5.41, 5.74) is 3.86. The SMILES string of the molecule is Cc1nc(N)nc(C(F)(F)F)c1Cl. The van der Waals surface area contributed by atoms with Crippen LogP contribution in [0.3, 0.4) is 0 Å². The van der Waals surface area contributed by atoms with Gasteiger partial charge in [0, 0.05) is 0 Å². The van der Waals surface area contributed by atoms with Crippen LogP contribution in [0.1, 0.15) is 11.4 Å². The van der Waals surface area contributed by atoms with Crippen LogP contribution in [-0.4, -0.2) is 9.97 Å². The molecule has 0 aliphatic carbocycles. The number of alkyl halides is 3. The van der Waals surface area contributed by atoms with Gasteiger partial charge >= 0.3 is 6.18 Å². The Labute approximate surface area is 76.7 Å². The van der Waals surface area contributed by atoms with Crippen LogP contribution in [0.25, 0.3) is 0 Å². The first-order valence-electron chi connectivity index (χ1n) is 3.19. The minimum atomic E-state index is -4.60. The maximum Gasteiger partial charge on any atom is 0.435 e. The highest BCUT2D eigenvalue weighted by Crippen LogP contribution is 2.34. The zero-order valence-corrected chi connectivity index (χ0v) is 7.24. The maximum atomic E-state index is 12.2. The van der Waals surface area contributed by atoms with Gasteiger partial charge in [0.2, 0.25) is 5.95 Å². The van der Waals surface area contributed by atoms with Crippen molar-refractivity contribution in [2.75, 3.05) is 5.73 Å². The smallest absolute Gasteiger partial charge is 0.368 e. The Bertz CT molecular complexity index is 337. The van der Waals surface area contributed by atoms with Crippen molar-refractivity contribution in [2.24, 2.45) is 0 Å². The number of hydrogen-bond donors (Lipinski definition) is 1. The Morgan fingerprint density at radius 3 is 2.31 bits per heavy atom. The lowest BCUT2D eigenvalue weighted by Gasteiger charge is -2.09. The minimum absolute atomic E-state index is 0.0153. The van der Waals surface area contributed by atoms with E-state index in [0.29, 0.717) is 0 Å². The van der Waals surface area contributed by atoms with Crippen LogP contribution in [0.4, 0.5) is 19.1 Å². The van der Waals surface area contributed by atoms with E-state index >= 15 is 0 Å². The first-order valence-corrected chi connectivity index (χ1v) is 3.57. The van der Waals surface area contributed by atoms with Gasteiger partial charge in [0.15, 0.2) is 5.69 Å². The standard InChI is InChI=1S/C6H5ClF3N3/c1-2-3(7)4(6(8,9)10)13-5(11)12-2/h1H3,(H2,11,12,13). The molecule has 0 unspecified atom stereocenters. The highest BCUT2D eigenvalue weighted by atomic mass is 35.5. The van der Waals surface area contributed by atoms with Crippen LogP contribution in [-0.2, 0) is 6.18 Å². The lowest BCUT2D eigenvalue weighted by molar-refractivity contribution is -0.141. The molecule has 1 aromatic rings. The molecule has 0 aliphatic rings. The summed E-state index contributed by atoms with van der Waals surface area (Å²) in [7, 11) is 0. The zero-order valence-electron chi connectivity index (χ0n) is 6.48. The second kappa shape index (κ2) is 3.02. The molecule has 0 bridgehead atoms. The van der Waals surface area contributed by atoms with Crippen LogP contribution < -0.4 is 5.73 Å². The van der Waals surface area contributed by atoms with E-state index in [2.05, 4.69) is 9.97 Å². The Balaban J connectivity index is 3.37. The van der Waals surface area contributed by atoms with Gasteiger partial charge in [-0.2, -0.15) is 13.2 Å². The van der Waals surface area contributed by atoms with Crippen LogP contribution in [0, 0.1) is 6.92 Å². The van der Waals surface area contributed by atoms with Gasteiger partial charge in [-0.05, 0) is 6.92 Å². The molecule has 0 amide bonds. The average Bonchev–Trinajstić information content (AvgIpc) is 1.94. The number of aromatic nitrogens is 2. The molecule has 1 rings (SSSR count). The third-order valence-corrected chi connectivity index (χ3v) is 1.76. The normalized spacial score (nSPS) is 11.8. The molecule has 7 heteroatoms. The molecule has 2 N–H and O–H groups in total. The second-order valence-corrected chi connectivity index (χ2v) is 2.71. The minimum Gasteiger partial charge on any atom is -0.368 e. The fraction of sp³-hybridized carbons (Fsp3) is 0.333. The molecule has 0 fully saturated rings. The lowest BCUT2D eigenvalue weighted by atomic mass is 10.3. The van der Waals surface area contributed by atoms with Gasteiger partial charge in [-0.1, -0.05) is 11.6 Å². The van der Waals surface area contributed by atoms with Crippen molar-refractivity contribution in [3.05, 3.63) is 16.4 Å². The molecular weight excluding hydrogens is 207 g/mol.